The van der Waals surface area contributed by atoms with Crippen molar-refractivity contribution in [1.82, 2.24) is 0 Å². The van der Waals surface area contributed by atoms with Gasteiger partial charge in [0.05, 0.1) is 6.61 Å². The predicted octanol–water partition coefficient (Wildman–Crippen LogP) is 6.52. The van der Waals surface area contributed by atoms with Crippen molar-refractivity contribution >= 4 is 12.4 Å². The molecule has 0 spiro atoms. The number of carbonyl (C=O) groups is 2. The minimum absolute atomic E-state index is 0.109. The number of carboxylic acids is 1. The largest absolute Gasteiger partial charge is 0.507 e. The first-order valence-corrected chi connectivity index (χ1v) is 11.5. The van der Waals surface area contributed by atoms with Crippen LogP contribution in [-0.2, 0) is 31.6 Å². The molecule has 0 aliphatic carbocycles. The van der Waals surface area contributed by atoms with E-state index in [9.17, 15) is 14.7 Å². The summed E-state index contributed by atoms with van der Waals surface area (Å²) in [6, 6.07) is 3.88. The van der Waals surface area contributed by atoms with Crippen molar-refractivity contribution in [3.8, 4) is 5.75 Å². The third-order valence-electron chi connectivity index (χ3n) is 5.10. The van der Waals surface area contributed by atoms with Crippen LogP contribution in [-0.4, -0.2) is 29.3 Å². The monoisotopic (exact) mass is 436 g/mol. The summed E-state index contributed by atoms with van der Waals surface area (Å²) >= 11 is 0. The third-order valence-corrected chi connectivity index (χ3v) is 5.10. The highest BCUT2D eigenvalue weighted by Gasteiger charge is 2.26. The van der Waals surface area contributed by atoms with Crippen LogP contribution < -0.4 is 0 Å². The van der Waals surface area contributed by atoms with Crippen LogP contribution in [0.4, 0.5) is 0 Å². The van der Waals surface area contributed by atoms with E-state index in [0.717, 1.165) is 23.1 Å². The number of unbranched alkanes of at least 4 members (excludes halogenated alkanes) is 5. The Bertz CT molecular complexity index is 630. The zero-order valence-electron chi connectivity index (χ0n) is 20.7. The minimum atomic E-state index is -0.798. The van der Waals surface area contributed by atoms with E-state index in [-0.39, 0.29) is 17.3 Å². The number of aryl methyl sites for hydroxylation is 1. The molecule has 1 rings (SSSR count). The lowest BCUT2D eigenvalue weighted by atomic mass is 9.78. The highest BCUT2D eigenvalue weighted by molar-refractivity contribution is 5.67. The number of benzene rings is 1. The fourth-order valence-corrected chi connectivity index (χ4v) is 3.25. The molecule has 1 aromatic rings. The first-order chi connectivity index (χ1) is 14.3. The van der Waals surface area contributed by atoms with Gasteiger partial charge in [0, 0.05) is 6.42 Å². The van der Waals surface area contributed by atoms with E-state index in [0.29, 0.717) is 25.2 Å². The molecule has 0 aliphatic rings. The highest BCUT2D eigenvalue weighted by atomic mass is 16.5. The molecule has 1 aromatic carbocycles. The van der Waals surface area contributed by atoms with Gasteiger partial charge in [0.1, 0.15) is 5.75 Å². The number of aromatic hydroxyl groups is 1. The maximum Gasteiger partial charge on any atom is 0.303 e. The van der Waals surface area contributed by atoms with E-state index < -0.39 is 5.97 Å². The summed E-state index contributed by atoms with van der Waals surface area (Å²) in [6.45, 7) is 15.6. The Labute approximate surface area is 189 Å². The van der Waals surface area contributed by atoms with E-state index in [1.807, 2.05) is 12.1 Å². The quantitative estimate of drug-likeness (QED) is 0.304. The smallest absolute Gasteiger partial charge is 0.303 e. The van der Waals surface area contributed by atoms with E-state index in [4.69, 9.17) is 5.11 Å². The maximum atomic E-state index is 10.8. The van der Waals surface area contributed by atoms with Crippen molar-refractivity contribution in [2.45, 2.75) is 111 Å². The number of carbonyl (C=O) groups excluding carboxylic acids is 1. The lowest BCUT2D eigenvalue weighted by Crippen LogP contribution is -2.18. The summed E-state index contributed by atoms with van der Waals surface area (Å²) in [5.41, 5.74) is 2.38. The van der Waals surface area contributed by atoms with Gasteiger partial charge in [-0.25, -0.2) is 0 Å². The summed E-state index contributed by atoms with van der Waals surface area (Å²) in [4.78, 5) is 20.5. The SMILES string of the molecule is CC(C)(C)c1cc(CCC(=O)O)cc(C(C)(C)C)c1O.CCCCCCCCOC=O. The molecule has 0 atom stereocenters. The molecule has 2 N–H and O–H groups in total. The molecule has 31 heavy (non-hydrogen) atoms. The number of aliphatic carboxylic acids is 1. The Balaban J connectivity index is 0.000000695. The minimum Gasteiger partial charge on any atom is -0.507 e. The van der Waals surface area contributed by atoms with Crippen molar-refractivity contribution < 1.29 is 24.5 Å². The number of hydrogen-bond acceptors (Lipinski definition) is 4. The van der Waals surface area contributed by atoms with Gasteiger partial charge in [-0.1, -0.05) is 92.7 Å². The molecule has 0 radical (unpaired) electrons. The zero-order valence-corrected chi connectivity index (χ0v) is 20.7. The summed E-state index contributed by atoms with van der Waals surface area (Å²) in [6.07, 6.45) is 8.00. The van der Waals surface area contributed by atoms with E-state index in [1.165, 1.54) is 32.1 Å². The van der Waals surface area contributed by atoms with Gasteiger partial charge < -0.3 is 14.9 Å². The maximum absolute atomic E-state index is 10.8. The van der Waals surface area contributed by atoms with Gasteiger partial charge >= 0.3 is 5.97 Å². The third kappa shape index (κ3) is 12.4. The molecule has 5 nitrogen and oxygen atoms in total. The van der Waals surface area contributed by atoms with Crippen LogP contribution >= 0.6 is 0 Å². The molecule has 0 amide bonds. The van der Waals surface area contributed by atoms with Crippen LogP contribution in [0.1, 0.15) is 110 Å². The van der Waals surface area contributed by atoms with Crippen LogP contribution in [0.25, 0.3) is 0 Å². The molecule has 0 fully saturated rings. The number of ether oxygens (including phenoxy) is 1. The Kier molecular flexibility index (Phi) is 13.2. The van der Waals surface area contributed by atoms with Crippen LogP contribution in [0.2, 0.25) is 0 Å². The number of hydrogen-bond donors (Lipinski definition) is 2. The Hall–Kier alpha value is -2.04. The van der Waals surface area contributed by atoms with Crippen molar-refractivity contribution in [2.75, 3.05) is 6.61 Å². The average molecular weight is 437 g/mol. The second-order valence-corrected chi connectivity index (χ2v) is 10.2. The van der Waals surface area contributed by atoms with Gasteiger partial charge in [-0.05, 0) is 40.4 Å². The normalized spacial score (nSPS) is 11.5. The van der Waals surface area contributed by atoms with Crippen LogP contribution in [0.3, 0.4) is 0 Å². The fraction of sp³-hybridized carbons (Fsp3) is 0.692. The van der Waals surface area contributed by atoms with E-state index in [1.54, 1.807) is 0 Å². The molecule has 0 saturated carbocycles. The molecule has 0 aromatic heterocycles. The lowest BCUT2D eigenvalue weighted by molar-refractivity contribution is -0.137. The molecule has 5 heteroatoms. The van der Waals surface area contributed by atoms with Crippen LogP contribution in [0, 0.1) is 0 Å². The topological polar surface area (TPSA) is 83.8 Å². The zero-order chi connectivity index (χ0) is 24.1. The van der Waals surface area contributed by atoms with Gasteiger partial charge in [-0.2, -0.15) is 0 Å². The second-order valence-electron chi connectivity index (χ2n) is 10.2. The highest BCUT2D eigenvalue weighted by Crippen LogP contribution is 2.39. The van der Waals surface area contributed by atoms with Gasteiger partial charge in [-0.3, -0.25) is 9.59 Å². The number of carboxylic acid groups (broad SMARTS) is 1. The Morgan fingerprint density at radius 2 is 1.42 bits per heavy atom. The van der Waals surface area contributed by atoms with E-state index >= 15 is 0 Å². The molecule has 0 aliphatic heterocycles. The molecule has 178 valence electrons. The molecular weight excluding hydrogens is 392 g/mol. The van der Waals surface area contributed by atoms with Gasteiger partial charge in [0.25, 0.3) is 6.47 Å². The van der Waals surface area contributed by atoms with Crippen molar-refractivity contribution in [1.29, 1.82) is 0 Å². The number of rotatable bonds is 11. The second kappa shape index (κ2) is 14.1. The van der Waals surface area contributed by atoms with Gasteiger partial charge in [0.15, 0.2) is 0 Å². The van der Waals surface area contributed by atoms with Crippen molar-refractivity contribution in [3.05, 3.63) is 28.8 Å². The fourth-order valence-electron chi connectivity index (χ4n) is 3.25. The Morgan fingerprint density at radius 3 is 1.84 bits per heavy atom. The predicted molar refractivity (Wildman–Crippen MR) is 127 cm³/mol. The molecule has 0 heterocycles. The molecular formula is C26H44O5. The standard InChI is InChI=1S/C17H26O3.C9H18O2/c1-16(2,3)12-9-11(7-8-14(18)19)10-13(15(12)20)17(4,5)6;1-2-3-4-5-6-7-8-11-9-10/h9-10,20H,7-8H2,1-6H3,(H,18,19);9H,2-8H2,1H3. The van der Waals surface area contributed by atoms with Crippen molar-refractivity contribution in [3.63, 3.8) is 0 Å². The van der Waals surface area contributed by atoms with Crippen LogP contribution in [0.5, 0.6) is 5.75 Å². The van der Waals surface area contributed by atoms with Gasteiger partial charge in [0.2, 0.25) is 0 Å². The summed E-state index contributed by atoms with van der Waals surface area (Å²) < 4.78 is 4.56. The average Bonchev–Trinajstić information content (AvgIpc) is 2.65. The molecule has 0 saturated heterocycles. The van der Waals surface area contributed by atoms with E-state index in [2.05, 4.69) is 53.2 Å². The summed E-state index contributed by atoms with van der Waals surface area (Å²) in [7, 11) is 0. The Morgan fingerprint density at radius 1 is 0.935 bits per heavy atom. The summed E-state index contributed by atoms with van der Waals surface area (Å²) in [5, 5.41) is 19.4. The first-order valence-electron chi connectivity index (χ1n) is 11.5. The first kappa shape index (κ1) is 29.0. The number of phenols is 1. The van der Waals surface area contributed by atoms with Crippen molar-refractivity contribution in [2.24, 2.45) is 0 Å². The number of phenolic OH excluding ortho intramolecular Hbond substituents is 1. The molecule has 0 unspecified atom stereocenters. The molecule has 0 bridgehead atoms. The van der Waals surface area contributed by atoms with Gasteiger partial charge in [-0.15, -0.1) is 0 Å². The van der Waals surface area contributed by atoms with Crippen LogP contribution in [0.15, 0.2) is 12.1 Å². The summed E-state index contributed by atoms with van der Waals surface area (Å²) in [5.74, 6) is -0.461. The lowest BCUT2D eigenvalue weighted by Gasteiger charge is -2.28.